The van der Waals surface area contributed by atoms with E-state index >= 15 is 0 Å². The number of rotatable bonds is 4. The largest absolute Gasteiger partial charge is 0.254 e. The van der Waals surface area contributed by atoms with Crippen molar-refractivity contribution in [1.82, 2.24) is 0 Å². The van der Waals surface area contributed by atoms with Gasteiger partial charge in [-0.3, -0.25) is 4.21 Å². The summed E-state index contributed by atoms with van der Waals surface area (Å²) in [7, 11) is -1.05. The van der Waals surface area contributed by atoms with Gasteiger partial charge in [-0.25, -0.2) is 0 Å². The summed E-state index contributed by atoms with van der Waals surface area (Å²) in [6.45, 7) is 2.01. The Hall–Kier alpha value is -1.12. The highest BCUT2D eigenvalue weighted by atomic mass is 35.5. The Morgan fingerprint density at radius 3 is 2.28 bits per heavy atom. The predicted octanol–water partition coefficient (Wildman–Crippen LogP) is 4.08. The van der Waals surface area contributed by atoms with Gasteiger partial charge in [-0.2, -0.15) is 0 Å². The molecule has 0 heterocycles. The lowest BCUT2D eigenvalue weighted by Crippen LogP contribution is -2.04. The lowest BCUT2D eigenvalue weighted by atomic mass is 10.2. The van der Waals surface area contributed by atoms with Crippen LogP contribution in [0, 0.1) is 6.92 Å². The van der Waals surface area contributed by atoms with Crippen LogP contribution in [0.5, 0.6) is 0 Å². The number of hydrogen-bond donors (Lipinski definition) is 0. The molecule has 0 spiro atoms. The van der Waals surface area contributed by atoms with Crippen molar-refractivity contribution in [3.8, 4) is 0 Å². The molecule has 0 radical (unpaired) electrons. The van der Waals surface area contributed by atoms with Gasteiger partial charge in [-0.05, 0) is 24.6 Å². The van der Waals surface area contributed by atoms with Crippen LogP contribution < -0.4 is 0 Å². The molecule has 0 saturated carbocycles. The van der Waals surface area contributed by atoms with E-state index in [9.17, 15) is 4.21 Å². The molecule has 0 amide bonds. The van der Waals surface area contributed by atoms with Crippen LogP contribution in [0.4, 0.5) is 0 Å². The minimum atomic E-state index is -1.05. The Bertz CT molecular complexity index is 522. The molecule has 3 heteroatoms. The van der Waals surface area contributed by atoms with Crippen LogP contribution in [0.25, 0.3) is 0 Å². The van der Waals surface area contributed by atoms with Gasteiger partial charge in [-0.15, -0.1) is 11.6 Å². The smallest absolute Gasteiger partial charge is 0.0704 e. The maximum atomic E-state index is 12.2. The normalized spacial score (nSPS) is 14.1. The van der Waals surface area contributed by atoms with E-state index in [2.05, 4.69) is 0 Å². The average Bonchev–Trinajstić information content (AvgIpc) is 2.40. The van der Waals surface area contributed by atoms with Crippen LogP contribution in [0.1, 0.15) is 16.5 Å². The van der Waals surface area contributed by atoms with Crippen molar-refractivity contribution in [1.29, 1.82) is 0 Å². The van der Waals surface area contributed by atoms with Gasteiger partial charge >= 0.3 is 0 Å². The second kappa shape index (κ2) is 6.17. The van der Waals surface area contributed by atoms with Crippen LogP contribution in [-0.4, -0.2) is 9.96 Å². The number of alkyl halides is 1. The summed E-state index contributed by atoms with van der Waals surface area (Å²) in [6, 6.07) is 17.5. The third-order valence-corrected chi connectivity index (χ3v) is 4.77. The fourth-order valence-corrected chi connectivity index (χ4v) is 3.26. The third-order valence-electron chi connectivity index (χ3n) is 2.74. The molecule has 2 unspecified atom stereocenters. The van der Waals surface area contributed by atoms with Crippen molar-refractivity contribution < 1.29 is 4.21 Å². The zero-order valence-corrected chi connectivity index (χ0v) is 11.7. The molecule has 0 aliphatic carbocycles. The fourth-order valence-electron chi connectivity index (χ4n) is 1.68. The molecular weight excluding hydrogens is 264 g/mol. The van der Waals surface area contributed by atoms with Crippen molar-refractivity contribution in [2.45, 2.75) is 17.2 Å². The summed E-state index contributed by atoms with van der Waals surface area (Å²) >= 11 is 6.29. The van der Waals surface area contributed by atoms with Gasteiger partial charge in [-0.1, -0.05) is 48.0 Å². The summed E-state index contributed by atoms with van der Waals surface area (Å²) in [5, 5.41) is -0.215. The lowest BCUT2D eigenvalue weighted by molar-refractivity contribution is 0.682. The highest BCUT2D eigenvalue weighted by molar-refractivity contribution is 7.85. The van der Waals surface area contributed by atoms with Crippen LogP contribution in [0.2, 0.25) is 0 Å². The van der Waals surface area contributed by atoms with Crippen LogP contribution in [0.3, 0.4) is 0 Å². The molecule has 2 aromatic carbocycles. The first kappa shape index (κ1) is 13.3. The van der Waals surface area contributed by atoms with E-state index in [1.807, 2.05) is 61.5 Å². The second-order valence-corrected chi connectivity index (χ2v) is 6.23. The molecule has 94 valence electrons. The summed E-state index contributed by atoms with van der Waals surface area (Å²) in [6.07, 6.45) is 0. The van der Waals surface area contributed by atoms with Crippen molar-refractivity contribution >= 4 is 22.4 Å². The van der Waals surface area contributed by atoms with Gasteiger partial charge in [0.25, 0.3) is 0 Å². The van der Waals surface area contributed by atoms with Gasteiger partial charge in [0.05, 0.1) is 16.2 Å². The number of benzene rings is 2. The molecule has 2 aromatic rings. The van der Waals surface area contributed by atoms with E-state index in [4.69, 9.17) is 11.6 Å². The Morgan fingerprint density at radius 2 is 1.67 bits per heavy atom. The summed E-state index contributed by atoms with van der Waals surface area (Å²) in [4.78, 5) is 0.835. The Morgan fingerprint density at radius 1 is 1.06 bits per heavy atom. The molecule has 0 aliphatic rings. The maximum absolute atomic E-state index is 12.2. The molecule has 1 nitrogen and oxygen atoms in total. The zero-order chi connectivity index (χ0) is 13.0. The lowest BCUT2D eigenvalue weighted by Gasteiger charge is -2.09. The molecule has 0 aromatic heterocycles. The maximum Gasteiger partial charge on any atom is 0.0704 e. The molecule has 0 aliphatic heterocycles. The van der Waals surface area contributed by atoms with Crippen LogP contribution >= 0.6 is 11.6 Å². The minimum absolute atomic E-state index is 0.215. The SMILES string of the molecule is Cc1ccc(S(=O)CC(Cl)c2ccccc2)cc1. The molecule has 18 heavy (non-hydrogen) atoms. The van der Waals surface area contributed by atoms with Crippen molar-refractivity contribution in [2.75, 3.05) is 5.75 Å². The number of hydrogen-bond acceptors (Lipinski definition) is 1. The number of aryl methyl sites for hydroxylation is 1. The van der Waals surface area contributed by atoms with Crippen LogP contribution in [0.15, 0.2) is 59.5 Å². The van der Waals surface area contributed by atoms with E-state index in [0.717, 1.165) is 10.5 Å². The first-order chi connectivity index (χ1) is 8.66. The molecular formula is C15H15ClOS. The zero-order valence-electron chi connectivity index (χ0n) is 10.2. The molecule has 2 rings (SSSR count). The van der Waals surface area contributed by atoms with E-state index < -0.39 is 10.8 Å². The Kier molecular flexibility index (Phi) is 4.56. The molecule has 0 saturated heterocycles. The van der Waals surface area contributed by atoms with E-state index in [0.29, 0.717) is 5.75 Å². The van der Waals surface area contributed by atoms with Crippen LogP contribution in [-0.2, 0) is 10.8 Å². The Labute approximate surface area is 115 Å². The molecule has 0 bridgehead atoms. The van der Waals surface area contributed by atoms with Crippen molar-refractivity contribution in [3.63, 3.8) is 0 Å². The number of halogens is 1. The summed E-state index contributed by atoms with van der Waals surface area (Å²) in [5.74, 6) is 0.439. The minimum Gasteiger partial charge on any atom is -0.254 e. The van der Waals surface area contributed by atoms with Gasteiger partial charge in [0, 0.05) is 10.6 Å². The summed E-state index contributed by atoms with van der Waals surface area (Å²) < 4.78 is 12.2. The second-order valence-electron chi connectivity index (χ2n) is 4.20. The molecule has 0 N–H and O–H groups in total. The topological polar surface area (TPSA) is 17.1 Å². The fraction of sp³-hybridized carbons (Fsp3) is 0.200. The highest BCUT2D eigenvalue weighted by Gasteiger charge is 2.13. The summed E-state index contributed by atoms with van der Waals surface area (Å²) in [5.41, 5.74) is 2.18. The van der Waals surface area contributed by atoms with Gasteiger partial charge < -0.3 is 0 Å². The van der Waals surface area contributed by atoms with E-state index in [1.165, 1.54) is 5.56 Å². The third kappa shape index (κ3) is 3.44. The van der Waals surface area contributed by atoms with Gasteiger partial charge in [0.15, 0.2) is 0 Å². The predicted molar refractivity (Wildman–Crippen MR) is 77.5 cm³/mol. The van der Waals surface area contributed by atoms with Crippen molar-refractivity contribution in [3.05, 3.63) is 65.7 Å². The van der Waals surface area contributed by atoms with Gasteiger partial charge in [0.2, 0.25) is 0 Å². The first-order valence-electron chi connectivity index (χ1n) is 5.81. The average molecular weight is 279 g/mol. The van der Waals surface area contributed by atoms with E-state index in [-0.39, 0.29) is 5.38 Å². The standard InChI is InChI=1S/C15H15ClOS/c1-12-7-9-14(10-8-12)18(17)11-15(16)13-5-3-2-4-6-13/h2-10,15H,11H2,1H3. The Balaban J connectivity index is 2.06. The quantitative estimate of drug-likeness (QED) is 0.770. The molecule has 2 atom stereocenters. The monoisotopic (exact) mass is 278 g/mol. The first-order valence-corrected chi connectivity index (χ1v) is 7.56. The molecule has 0 fully saturated rings. The van der Waals surface area contributed by atoms with Gasteiger partial charge in [0.1, 0.15) is 0 Å². The van der Waals surface area contributed by atoms with Crippen molar-refractivity contribution in [2.24, 2.45) is 0 Å². The van der Waals surface area contributed by atoms with E-state index in [1.54, 1.807) is 0 Å². The highest BCUT2D eigenvalue weighted by Crippen LogP contribution is 2.23.